The lowest BCUT2D eigenvalue weighted by Gasteiger charge is -2.10. The van der Waals surface area contributed by atoms with E-state index in [1.807, 2.05) is 6.07 Å². The van der Waals surface area contributed by atoms with Crippen molar-refractivity contribution < 1.29 is 9.18 Å². The summed E-state index contributed by atoms with van der Waals surface area (Å²) in [5, 5.41) is 9.46. The van der Waals surface area contributed by atoms with Crippen LogP contribution in [-0.4, -0.2) is 26.1 Å². The van der Waals surface area contributed by atoms with E-state index in [4.69, 9.17) is 0 Å². The Bertz CT molecular complexity index is 859. The standard InChI is InChI=1S/C17H14FN5O/c1-2-16(24)20-9-12-8-19-15(11-3-5-13(18)6-4-11)7-14(12)17-21-10-22-23-17/h2-8,10H,1,9H2,(H,20,24)(H,21,22,23). The molecule has 3 rings (SSSR count). The number of aromatic nitrogens is 4. The van der Waals surface area contributed by atoms with Crippen molar-refractivity contribution in [1.29, 1.82) is 0 Å². The molecule has 0 aliphatic rings. The average molecular weight is 323 g/mol. The maximum Gasteiger partial charge on any atom is 0.243 e. The average Bonchev–Trinajstić information content (AvgIpc) is 3.14. The fourth-order valence-electron chi connectivity index (χ4n) is 2.20. The number of halogens is 1. The minimum atomic E-state index is -0.309. The van der Waals surface area contributed by atoms with Gasteiger partial charge in [0.2, 0.25) is 5.91 Å². The number of amides is 1. The van der Waals surface area contributed by atoms with Gasteiger partial charge >= 0.3 is 0 Å². The first-order chi connectivity index (χ1) is 11.7. The summed E-state index contributed by atoms with van der Waals surface area (Å²) in [6, 6.07) is 7.87. The topological polar surface area (TPSA) is 83.6 Å². The van der Waals surface area contributed by atoms with Gasteiger partial charge in [0.25, 0.3) is 0 Å². The van der Waals surface area contributed by atoms with Crippen molar-refractivity contribution in [3.8, 4) is 22.6 Å². The maximum absolute atomic E-state index is 13.1. The first-order valence-corrected chi connectivity index (χ1v) is 7.18. The second kappa shape index (κ2) is 6.82. The molecular weight excluding hydrogens is 309 g/mol. The third kappa shape index (κ3) is 3.35. The number of hydrogen-bond acceptors (Lipinski definition) is 4. The molecule has 120 valence electrons. The molecule has 2 N–H and O–H groups in total. The Morgan fingerprint density at radius 2 is 2.08 bits per heavy atom. The predicted molar refractivity (Wildman–Crippen MR) is 87.1 cm³/mol. The van der Waals surface area contributed by atoms with Gasteiger partial charge in [0, 0.05) is 29.4 Å². The number of carbonyl (C=O) groups is 1. The molecule has 0 unspecified atom stereocenters. The largest absolute Gasteiger partial charge is 0.348 e. The lowest BCUT2D eigenvalue weighted by atomic mass is 10.0. The number of H-pyrrole nitrogens is 1. The monoisotopic (exact) mass is 323 g/mol. The van der Waals surface area contributed by atoms with Gasteiger partial charge in [0.05, 0.1) is 5.69 Å². The lowest BCUT2D eigenvalue weighted by Crippen LogP contribution is -2.20. The first-order valence-electron chi connectivity index (χ1n) is 7.18. The normalized spacial score (nSPS) is 10.4. The van der Waals surface area contributed by atoms with Crippen molar-refractivity contribution in [1.82, 2.24) is 25.5 Å². The smallest absolute Gasteiger partial charge is 0.243 e. The summed E-state index contributed by atoms with van der Waals surface area (Å²) in [6.45, 7) is 3.69. The van der Waals surface area contributed by atoms with Crippen molar-refractivity contribution >= 4 is 5.91 Å². The lowest BCUT2D eigenvalue weighted by molar-refractivity contribution is -0.116. The van der Waals surface area contributed by atoms with E-state index < -0.39 is 0 Å². The fraction of sp³-hybridized carbons (Fsp3) is 0.0588. The number of pyridine rings is 1. The van der Waals surface area contributed by atoms with Crippen LogP contribution in [0.2, 0.25) is 0 Å². The molecule has 3 aromatic rings. The number of aromatic amines is 1. The van der Waals surface area contributed by atoms with Crippen molar-refractivity contribution in [2.24, 2.45) is 0 Å². The zero-order valence-electron chi connectivity index (χ0n) is 12.7. The Kier molecular flexibility index (Phi) is 4.42. The highest BCUT2D eigenvalue weighted by Gasteiger charge is 2.12. The molecule has 0 aliphatic heterocycles. The summed E-state index contributed by atoms with van der Waals surface area (Å²) in [7, 11) is 0. The number of rotatable bonds is 5. The van der Waals surface area contributed by atoms with Gasteiger partial charge in [0.1, 0.15) is 12.1 Å². The van der Waals surface area contributed by atoms with Crippen molar-refractivity contribution in [2.75, 3.05) is 0 Å². The van der Waals surface area contributed by atoms with Crippen LogP contribution in [0.25, 0.3) is 22.6 Å². The summed E-state index contributed by atoms with van der Waals surface area (Å²) in [4.78, 5) is 19.9. The number of nitrogens with zero attached hydrogens (tertiary/aromatic N) is 3. The van der Waals surface area contributed by atoms with Gasteiger partial charge in [-0.25, -0.2) is 9.37 Å². The summed E-state index contributed by atoms with van der Waals surface area (Å²) >= 11 is 0. The quantitative estimate of drug-likeness (QED) is 0.707. The Labute approximate surface area is 137 Å². The van der Waals surface area contributed by atoms with Gasteiger partial charge in [-0.15, -0.1) is 0 Å². The Morgan fingerprint density at radius 1 is 1.29 bits per heavy atom. The number of hydrogen-bond donors (Lipinski definition) is 2. The molecule has 7 heteroatoms. The first kappa shape index (κ1) is 15.5. The van der Waals surface area contributed by atoms with E-state index >= 15 is 0 Å². The third-order valence-corrected chi connectivity index (χ3v) is 3.42. The molecular formula is C17H14FN5O. The molecule has 1 aromatic carbocycles. The molecule has 0 fully saturated rings. The van der Waals surface area contributed by atoms with Gasteiger partial charge in [-0.05, 0) is 36.4 Å². The van der Waals surface area contributed by atoms with Crippen LogP contribution in [-0.2, 0) is 11.3 Å². The van der Waals surface area contributed by atoms with Crippen LogP contribution in [0.3, 0.4) is 0 Å². The van der Waals surface area contributed by atoms with Crippen LogP contribution in [0.15, 0.2) is 55.5 Å². The predicted octanol–water partition coefficient (Wildman–Crippen LogP) is 2.47. The van der Waals surface area contributed by atoms with Gasteiger partial charge in [0.15, 0.2) is 5.82 Å². The molecule has 0 bridgehead atoms. The maximum atomic E-state index is 13.1. The number of benzene rings is 1. The number of nitrogens with one attached hydrogen (secondary N) is 2. The highest BCUT2D eigenvalue weighted by molar-refractivity contribution is 5.87. The van der Waals surface area contributed by atoms with Crippen LogP contribution in [0.4, 0.5) is 4.39 Å². The summed E-state index contributed by atoms with van der Waals surface area (Å²) in [6.07, 6.45) is 4.32. The van der Waals surface area contributed by atoms with Gasteiger partial charge in [-0.3, -0.25) is 14.9 Å². The molecule has 6 nitrogen and oxygen atoms in total. The zero-order chi connectivity index (χ0) is 16.9. The minimum absolute atomic E-state index is 0.269. The molecule has 0 atom stereocenters. The van der Waals surface area contributed by atoms with E-state index in [1.54, 1.807) is 18.3 Å². The Morgan fingerprint density at radius 3 is 2.75 bits per heavy atom. The zero-order valence-corrected chi connectivity index (χ0v) is 12.7. The van der Waals surface area contributed by atoms with E-state index in [-0.39, 0.29) is 18.3 Å². The Hall–Kier alpha value is -3.35. The second-order valence-electron chi connectivity index (χ2n) is 4.98. The summed E-state index contributed by atoms with van der Waals surface area (Å²) in [5.74, 6) is -0.0983. The van der Waals surface area contributed by atoms with Gasteiger partial charge in [-0.1, -0.05) is 6.58 Å². The van der Waals surface area contributed by atoms with Crippen molar-refractivity contribution in [2.45, 2.75) is 6.54 Å². The van der Waals surface area contributed by atoms with Crippen LogP contribution < -0.4 is 5.32 Å². The van der Waals surface area contributed by atoms with E-state index in [0.29, 0.717) is 11.5 Å². The molecule has 24 heavy (non-hydrogen) atoms. The third-order valence-electron chi connectivity index (χ3n) is 3.42. The van der Waals surface area contributed by atoms with E-state index in [2.05, 4.69) is 32.1 Å². The molecule has 2 heterocycles. The minimum Gasteiger partial charge on any atom is -0.348 e. The van der Waals surface area contributed by atoms with Gasteiger partial charge < -0.3 is 5.32 Å². The molecule has 2 aromatic heterocycles. The second-order valence-corrected chi connectivity index (χ2v) is 4.98. The number of carbonyl (C=O) groups excluding carboxylic acids is 1. The molecule has 1 amide bonds. The van der Waals surface area contributed by atoms with E-state index in [1.165, 1.54) is 24.5 Å². The van der Waals surface area contributed by atoms with Crippen LogP contribution in [0.1, 0.15) is 5.56 Å². The highest BCUT2D eigenvalue weighted by Crippen LogP contribution is 2.25. The van der Waals surface area contributed by atoms with Crippen molar-refractivity contribution in [3.63, 3.8) is 0 Å². The van der Waals surface area contributed by atoms with Gasteiger partial charge in [-0.2, -0.15) is 5.10 Å². The van der Waals surface area contributed by atoms with E-state index in [9.17, 15) is 9.18 Å². The summed E-state index contributed by atoms with van der Waals surface area (Å²) < 4.78 is 13.1. The molecule has 0 radical (unpaired) electrons. The molecule has 0 spiro atoms. The fourth-order valence-corrected chi connectivity index (χ4v) is 2.20. The molecule has 0 aliphatic carbocycles. The van der Waals surface area contributed by atoms with Crippen LogP contribution in [0.5, 0.6) is 0 Å². The molecule has 0 saturated heterocycles. The van der Waals surface area contributed by atoms with Crippen LogP contribution in [0, 0.1) is 5.82 Å². The Balaban J connectivity index is 1.99. The highest BCUT2D eigenvalue weighted by atomic mass is 19.1. The van der Waals surface area contributed by atoms with Crippen molar-refractivity contribution in [3.05, 3.63) is 66.9 Å². The summed E-state index contributed by atoms with van der Waals surface area (Å²) in [5.41, 5.74) is 2.93. The van der Waals surface area contributed by atoms with E-state index in [0.717, 1.165) is 16.7 Å². The molecule has 0 saturated carbocycles. The van der Waals surface area contributed by atoms with Crippen LogP contribution >= 0.6 is 0 Å². The SMILES string of the molecule is C=CC(=O)NCc1cnc(-c2ccc(F)cc2)cc1-c1nc[nH]n1.